The van der Waals surface area contributed by atoms with E-state index in [0.29, 0.717) is 11.3 Å². The van der Waals surface area contributed by atoms with E-state index >= 15 is 0 Å². The molecule has 3 aliphatic carbocycles. The third-order valence-electron chi connectivity index (χ3n) is 8.78. The number of hydrogen-bond acceptors (Lipinski definition) is 1. The van der Waals surface area contributed by atoms with Gasteiger partial charge in [0.05, 0.1) is 5.92 Å². The second-order valence-electron chi connectivity index (χ2n) is 10.2. The number of rotatable bonds is 9. The minimum Gasteiger partial charge on any atom is -0.481 e. The molecule has 2 heteroatoms. The zero-order chi connectivity index (χ0) is 19.1. The van der Waals surface area contributed by atoms with Crippen molar-refractivity contribution in [2.24, 2.45) is 29.1 Å². The monoisotopic (exact) mass is 376 g/mol. The Balaban J connectivity index is 1.66. The van der Waals surface area contributed by atoms with Gasteiger partial charge < -0.3 is 5.11 Å². The Bertz CT molecular complexity index is 451. The molecule has 0 saturated heterocycles. The van der Waals surface area contributed by atoms with Crippen molar-refractivity contribution < 1.29 is 9.90 Å². The molecule has 0 aromatic rings. The second kappa shape index (κ2) is 10.3. The molecule has 27 heavy (non-hydrogen) atoms. The fourth-order valence-corrected chi connectivity index (χ4v) is 7.35. The van der Waals surface area contributed by atoms with Crippen LogP contribution in [0.3, 0.4) is 0 Å². The normalized spacial score (nSPS) is 33.4. The highest BCUT2D eigenvalue weighted by Crippen LogP contribution is 2.58. The van der Waals surface area contributed by atoms with Crippen LogP contribution in [0.1, 0.15) is 122 Å². The van der Waals surface area contributed by atoms with Crippen molar-refractivity contribution in [2.75, 3.05) is 0 Å². The molecule has 0 aromatic carbocycles. The molecule has 3 saturated carbocycles. The summed E-state index contributed by atoms with van der Waals surface area (Å²) in [4.78, 5) is 12.0. The van der Waals surface area contributed by atoms with Gasteiger partial charge in [-0.3, -0.25) is 4.79 Å². The van der Waals surface area contributed by atoms with Gasteiger partial charge in [-0.1, -0.05) is 64.7 Å². The molecule has 3 rings (SSSR count). The molecule has 2 nitrogen and oxygen atoms in total. The van der Waals surface area contributed by atoms with E-state index in [1.54, 1.807) is 0 Å². The number of carboxylic acids is 1. The highest BCUT2D eigenvalue weighted by atomic mass is 16.4. The summed E-state index contributed by atoms with van der Waals surface area (Å²) in [7, 11) is 0. The minimum absolute atomic E-state index is 0.0676. The van der Waals surface area contributed by atoms with Gasteiger partial charge in [0.25, 0.3) is 0 Å². The lowest BCUT2D eigenvalue weighted by molar-refractivity contribution is -0.145. The number of unbranched alkanes of at least 4 members (excludes halogenated alkanes) is 2. The van der Waals surface area contributed by atoms with Crippen molar-refractivity contribution in [3.8, 4) is 0 Å². The summed E-state index contributed by atoms with van der Waals surface area (Å²) < 4.78 is 0. The van der Waals surface area contributed by atoms with E-state index in [1.807, 2.05) is 0 Å². The van der Waals surface area contributed by atoms with Gasteiger partial charge in [0.2, 0.25) is 0 Å². The molecule has 0 aromatic heterocycles. The summed E-state index contributed by atoms with van der Waals surface area (Å²) in [6.07, 6.45) is 23.8. The topological polar surface area (TPSA) is 37.3 Å². The highest BCUT2D eigenvalue weighted by Gasteiger charge is 2.47. The van der Waals surface area contributed by atoms with Gasteiger partial charge in [-0.05, 0) is 81.0 Å². The largest absolute Gasteiger partial charge is 0.481 e. The fourth-order valence-electron chi connectivity index (χ4n) is 7.35. The Kier molecular flexibility index (Phi) is 8.09. The van der Waals surface area contributed by atoms with E-state index < -0.39 is 5.97 Å². The highest BCUT2D eigenvalue weighted by molar-refractivity contribution is 5.70. The Morgan fingerprint density at radius 3 is 2.44 bits per heavy atom. The molecule has 3 fully saturated rings. The third-order valence-corrected chi connectivity index (χ3v) is 8.78. The van der Waals surface area contributed by atoms with Crippen molar-refractivity contribution in [1.82, 2.24) is 0 Å². The van der Waals surface area contributed by atoms with Gasteiger partial charge in [0.1, 0.15) is 0 Å². The van der Waals surface area contributed by atoms with Crippen molar-refractivity contribution in [2.45, 2.75) is 122 Å². The summed E-state index contributed by atoms with van der Waals surface area (Å²) in [6.45, 7) is 2.32. The predicted octanol–water partition coefficient (Wildman–Crippen LogP) is 7.60. The zero-order valence-corrected chi connectivity index (χ0v) is 17.9. The second-order valence-corrected chi connectivity index (χ2v) is 10.2. The lowest BCUT2D eigenvalue weighted by Crippen LogP contribution is -2.44. The van der Waals surface area contributed by atoms with Crippen molar-refractivity contribution in [3.05, 3.63) is 0 Å². The molecule has 0 amide bonds. The van der Waals surface area contributed by atoms with E-state index in [2.05, 4.69) is 6.92 Å². The average Bonchev–Trinajstić information content (AvgIpc) is 2.69. The van der Waals surface area contributed by atoms with Gasteiger partial charge in [-0.2, -0.15) is 0 Å². The van der Waals surface area contributed by atoms with Gasteiger partial charge in [0.15, 0.2) is 0 Å². The molecule has 0 bridgehead atoms. The van der Waals surface area contributed by atoms with E-state index in [4.69, 9.17) is 0 Å². The summed E-state index contributed by atoms with van der Waals surface area (Å²) in [5, 5.41) is 9.92. The zero-order valence-electron chi connectivity index (χ0n) is 17.9. The Morgan fingerprint density at radius 2 is 1.70 bits per heavy atom. The number of aliphatic carboxylic acids is 1. The number of carboxylic acid groups (broad SMARTS) is 1. The van der Waals surface area contributed by atoms with E-state index in [1.165, 1.54) is 96.3 Å². The van der Waals surface area contributed by atoms with Crippen LogP contribution in [0, 0.1) is 29.1 Å². The predicted molar refractivity (Wildman–Crippen MR) is 113 cm³/mol. The SMILES string of the molecule is CCCCC[C@@]12CCCC[C@H]1CCC[C@@H]2CC[C@H](C(=O)O)C1CCCCC1. The van der Waals surface area contributed by atoms with Crippen LogP contribution in [0.4, 0.5) is 0 Å². The molecule has 0 spiro atoms. The van der Waals surface area contributed by atoms with Crippen LogP contribution in [-0.4, -0.2) is 11.1 Å². The maximum absolute atomic E-state index is 12.0. The number of carbonyl (C=O) groups is 1. The van der Waals surface area contributed by atoms with Crippen LogP contribution in [-0.2, 0) is 4.79 Å². The van der Waals surface area contributed by atoms with Crippen molar-refractivity contribution in [1.29, 1.82) is 0 Å². The maximum atomic E-state index is 12.0. The molecule has 0 aliphatic heterocycles. The van der Waals surface area contributed by atoms with Crippen LogP contribution in [0.25, 0.3) is 0 Å². The van der Waals surface area contributed by atoms with Crippen molar-refractivity contribution >= 4 is 5.97 Å². The van der Waals surface area contributed by atoms with E-state index in [9.17, 15) is 9.90 Å². The van der Waals surface area contributed by atoms with Crippen LogP contribution in [0.2, 0.25) is 0 Å². The molecular weight excluding hydrogens is 332 g/mol. The maximum Gasteiger partial charge on any atom is 0.306 e. The average molecular weight is 377 g/mol. The molecule has 1 N–H and O–H groups in total. The Morgan fingerprint density at radius 1 is 0.963 bits per heavy atom. The summed E-state index contributed by atoms with van der Waals surface area (Å²) in [5.74, 6) is 1.64. The summed E-state index contributed by atoms with van der Waals surface area (Å²) >= 11 is 0. The first-order chi connectivity index (χ1) is 13.2. The fraction of sp³-hybridized carbons (Fsp3) is 0.960. The molecule has 156 valence electrons. The van der Waals surface area contributed by atoms with Gasteiger partial charge >= 0.3 is 5.97 Å². The van der Waals surface area contributed by atoms with Crippen molar-refractivity contribution in [3.63, 3.8) is 0 Å². The molecule has 0 radical (unpaired) electrons. The first-order valence-electron chi connectivity index (χ1n) is 12.4. The lowest BCUT2D eigenvalue weighted by Gasteiger charge is -2.53. The van der Waals surface area contributed by atoms with E-state index in [0.717, 1.165) is 31.1 Å². The summed E-state index contributed by atoms with van der Waals surface area (Å²) in [6, 6.07) is 0. The summed E-state index contributed by atoms with van der Waals surface area (Å²) in [5.41, 5.74) is 0.571. The molecule has 0 heterocycles. The molecule has 3 aliphatic rings. The number of hydrogen-bond donors (Lipinski definition) is 1. The Labute approximate surface area is 167 Å². The standard InChI is InChI=1S/C25H44O2/c1-2-3-8-18-25-19-9-7-13-21(25)14-10-15-22(25)16-17-23(24(26)27)20-11-5-4-6-12-20/h20-23H,2-19H2,1H3,(H,26,27)/t21-,22+,23-,25+/m0/s1. The van der Waals surface area contributed by atoms with Crippen LogP contribution >= 0.6 is 0 Å². The number of fused-ring (bicyclic) bond motifs is 1. The molecule has 4 atom stereocenters. The first-order valence-corrected chi connectivity index (χ1v) is 12.4. The quantitative estimate of drug-likeness (QED) is 0.420. The van der Waals surface area contributed by atoms with Gasteiger partial charge in [0, 0.05) is 0 Å². The molecule has 0 unspecified atom stereocenters. The van der Waals surface area contributed by atoms with Crippen LogP contribution in [0.5, 0.6) is 0 Å². The van der Waals surface area contributed by atoms with Gasteiger partial charge in [-0.15, -0.1) is 0 Å². The minimum atomic E-state index is -0.502. The van der Waals surface area contributed by atoms with Crippen LogP contribution in [0.15, 0.2) is 0 Å². The smallest absolute Gasteiger partial charge is 0.306 e. The third kappa shape index (κ3) is 5.10. The van der Waals surface area contributed by atoms with Crippen LogP contribution < -0.4 is 0 Å². The Hall–Kier alpha value is -0.530. The lowest BCUT2D eigenvalue weighted by atomic mass is 9.52. The molecular formula is C25H44O2. The van der Waals surface area contributed by atoms with E-state index in [-0.39, 0.29) is 5.92 Å². The first kappa shape index (κ1) is 21.2. The van der Waals surface area contributed by atoms with Gasteiger partial charge in [-0.25, -0.2) is 0 Å².